The fourth-order valence-electron chi connectivity index (χ4n) is 4.60. The summed E-state index contributed by atoms with van der Waals surface area (Å²) in [6.45, 7) is 3.94. The second-order valence-electron chi connectivity index (χ2n) is 9.05. The van der Waals surface area contributed by atoms with Crippen LogP contribution in [0.15, 0.2) is 36.7 Å². The van der Waals surface area contributed by atoms with Gasteiger partial charge in [-0.15, -0.1) is 0 Å². The number of nitrogens with two attached hydrogens (primary N) is 1. The van der Waals surface area contributed by atoms with E-state index in [9.17, 15) is 22.4 Å². The first-order chi connectivity index (χ1) is 17.5. The van der Waals surface area contributed by atoms with E-state index in [2.05, 4.69) is 15.1 Å². The number of anilines is 2. The molecule has 1 aliphatic heterocycles. The molecule has 0 saturated heterocycles. The van der Waals surface area contributed by atoms with Gasteiger partial charge in [0, 0.05) is 29.4 Å². The number of halogens is 5. The molecule has 0 unspecified atom stereocenters. The van der Waals surface area contributed by atoms with Gasteiger partial charge in [-0.1, -0.05) is 6.07 Å². The zero-order chi connectivity index (χ0) is 26.6. The van der Waals surface area contributed by atoms with Crippen LogP contribution in [0.25, 0.3) is 22.3 Å². The highest BCUT2D eigenvalue weighted by atomic mass is 19.4. The SMILES string of the molecule is CC(C)n1nc(-c2ccc3c(c2F)CCN3C(=O)Cc2ccc(F)c(C(F)(F)F)c2)c2c(N)ncnc21. The summed E-state index contributed by atoms with van der Waals surface area (Å²) in [5, 5.41) is 4.96. The predicted octanol–water partition coefficient (Wildman–Crippen LogP) is 5.09. The van der Waals surface area contributed by atoms with Crippen molar-refractivity contribution in [3.63, 3.8) is 0 Å². The van der Waals surface area contributed by atoms with Crippen LogP contribution in [0.1, 0.15) is 36.6 Å². The smallest absolute Gasteiger partial charge is 0.383 e. The Balaban J connectivity index is 1.49. The van der Waals surface area contributed by atoms with E-state index < -0.39 is 35.7 Å². The summed E-state index contributed by atoms with van der Waals surface area (Å²) in [5.41, 5.74) is 6.16. The number of benzene rings is 2. The van der Waals surface area contributed by atoms with Gasteiger partial charge >= 0.3 is 6.18 Å². The first kappa shape index (κ1) is 24.6. The minimum absolute atomic E-state index is 0.00503. The highest BCUT2D eigenvalue weighted by Crippen LogP contribution is 2.39. The van der Waals surface area contributed by atoms with Gasteiger partial charge in [0.1, 0.15) is 29.5 Å². The van der Waals surface area contributed by atoms with Crippen molar-refractivity contribution in [2.24, 2.45) is 0 Å². The topological polar surface area (TPSA) is 89.9 Å². The molecule has 4 aromatic rings. The maximum absolute atomic E-state index is 15.8. The lowest BCUT2D eigenvalue weighted by molar-refractivity contribution is -0.140. The van der Waals surface area contributed by atoms with Crippen LogP contribution in [0.2, 0.25) is 0 Å². The van der Waals surface area contributed by atoms with Crippen LogP contribution in [0.3, 0.4) is 0 Å². The number of amides is 1. The molecule has 0 fully saturated rings. The number of aromatic nitrogens is 4. The van der Waals surface area contributed by atoms with E-state index in [4.69, 9.17) is 5.73 Å². The quantitative estimate of drug-likeness (QED) is 0.382. The van der Waals surface area contributed by atoms with Crippen LogP contribution < -0.4 is 10.6 Å². The van der Waals surface area contributed by atoms with Gasteiger partial charge in [0.25, 0.3) is 0 Å². The Morgan fingerprint density at radius 1 is 1.14 bits per heavy atom. The minimum Gasteiger partial charge on any atom is -0.383 e. The van der Waals surface area contributed by atoms with Gasteiger partial charge in [0.15, 0.2) is 5.65 Å². The number of nitrogen functional groups attached to an aromatic ring is 1. The fraction of sp³-hybridized carbons (Fsp3) is 0.280. The summed E-state index contributed by atoms with van der Waals surface area (Å²) in [6, 6.07) is 5.41. The van der Waals surface area contributed by atoms with Gasteiger partial charge in [-0.05, 0) is 50.1 Å². The van der Waals surface area contributed by atoms with Crippen molar-refractivity contribution in [2.45, 2.75) is 38.9 Å². The van der Waals surface area contributed by atoms with Gasteiger partial charge in [0.2, 0.25) is 5.91 Å². The van der Waals surface area contributed by atoms with Crippen molar-refractivity contribution in [1.29, 1.82) is 0 Å². The lowest BCUT2D eigenvalue weighted by Crippen LogP contribution is -2.30. The fourth-order valence-corrected chi connectivity index (χ4v) is 4.60. The molecule has 3 heterocycles. The molecule has 1 aliphatic rings. The third-order valence-electron chi connectivity index (χ3n) is 6.35. The summed E-state index contributed by atoms with van der Waals surface area (Å²) < 4.78 is 70.2. The van der Waals surface area contributed by atoms with E-state index >= 15 is 4.39 Å². The molecular weight excluding hydrogens is 495 g/mol. The molecule has 5 rings (SSSR count). The zero-order valence-corrected chi connectivity index (χ0v) is 19.8. The Morgan fingerprint density at radius 2 is 1.89 bits per heavy atom. The first-order valence-electron chi connectivity index (χ1n) is 11.4. The largest absolute Gasteiger partial charge is 0.419 e. The van der Waals surface area contributed by atoms with Crippen LogP contribution in [0.5, 0.6) is 0 Å². The van der Waals surface area contributed by atoms with Crippen LogP contribution in [0, 0.1) is 11.6 Å². The van der Waals surface area contributed by atoms with Crippen LogP contribution in [-0.4, -0.2) is 32.2 Å². The van der Waals surface area contributed by atoms with E-state index in [1.807, 2.05) is 13.8 Å². The lowest BCUT2D eigenvalue weighted by Gasteiger charge is -2.18. The van der Waals surface area contributed by atoms with Crippen molar-refractivity contribution in [3.05, 3.63) is 65.0 Å². The third kappa shape index (κ3) is 4.15. The minimum atomic E-state index is -4.88. The molecule has 0 bridgehead atoms. The Hall–Kier alpha value is -4.09. The summed E-state index contributed by atoms with van der Waals surface area (Å²) in [7, 11) is 0. The van der Waals surface area contributed by atoms with E-state index in [0.29, 0.717) is 28.9 Å². The highest BCUT2D eigenvalue weighted by molar-refractivity contribution is 6.00. The number of alkyl halides is 3. The summed E-state index contributed by atoms with van der Waals surface area (Å²) >= 11 is 0. The Labute approximate surface area is 207 Å². The second kappa shape index (κ2) is 8.79. The van der Waals surface area contributed by atoms with Crippen LogP contribution >= 0.6 is 0 Å². The standard InChI is InChI=1S/C25H21F5N6O/c1-12(2)36-24-20(23(31)32-11-33-24)22(34-36)15-4-6-18-14(21(15)27)7-8-35(18)19(37)10-13-3-5-17(26)16(9-13)25(28,29)30/h3-6,9,11-12H,7-8,10H2,1-2H3,(H2,31,32,33). The molecule has 0 saturated carbocycles. The monoisotopic (exact) mass is 516 g/mol. The van der Waals surface area contributed by atoms with E-state index in [1.54, 1.807) is 10.7 Å². The number of hydrogen-bond acceptors (Lipinski definition) is 5. The van der Waals surface area contributed by atoms with Crippen molar-refractivity contribution >= 4 is 28.4 Å². The molecule has 37 heavy (non-hydrogen) atoms. The maximum atomic E-state index is 15.8. The highest BCUT2D eigenvalue weighted by Gasteiger charge is 2.35. The number of carbonyl (C=O) groups excluding carboxylic acids is 1. The summed E-state index contributed by atoms with van der Waals surface area (Å²) in [6.07, 6.45) is -3.77. The Morgan fingerprint density at radius 3 is 2.59 bits per heavy atom. The van der Waals surface area contributed by atoms with Gasteiger partial charge in [0.05, 0.1) is 17.4 Å². The Bertz CT molecular complexity index is 1550. The van der Waals surface area contributed by atoms with Gasteiger partial charge in [-0.3, -0.25) is 4.79 Å². The molecule has 0 aliphatic carbocycles. The molecule has 2 aromatic carbocycles. The molecule has 0 atom stereocenters. The van der Waals surface area contributed by atoms with Crippen molar-refractivity contribution in [3.8, 4) is 11.3 Å². The number of fused-ring (bicyclic) bond motifs is 2. The number of rotatable bonds is 4. The van der Waals surface area contributed by atoms with Crippen LogP contribution in [-0.2, 0) is 23.8 Å². The molecule has 2 N–H and O–H groups in total. The molecule has 0 radical (unpaired) electrons. The van der Waals surface area contributed by atoms with Crippen LogP contribution in [0.4, 0.5) is 33.5 Å². The molecule has 12 heteroatoms. The average Bonchev–Trinajstić information content (AvgIpc) is 3.43. The predicted molar refractivity (Wildman–Crippen MR) is 127 cm³/mol. The average molecular weight is 516 g/mol. The zero-order valence-electron chi connectivity index (χ0n) is 19.8. The van der Waals surface area contributed by atoms with Crippen molar-refractivity contribution in [1.82, 2.24) is 19.7 Å². The second-order valence-corrected chi connectivity index (χ2v) is 9.05. The summed E-state index contributed by atoms with van der Waals surface area (Å²) in [5.74, 6) is -2.37. The van der Waals surface area contributed by atoms with Gasteiger partial charge in [-0.25, -0.2) is 23.4 Å². The van der Waals surface area contributed by atoms with Crippen molar-refractivity contribution < 1.29 is 26.7 Å². The van der Waals surface area contributed by atoms with Gasteiger partial charge in [-0.2, -0.15) is 18.3 Å². The molecule has 7 nitrogen and oxygen atoms in total. The summed E-state index contributed by atoms with van der Waals surface area (Å²) in [4.78, 5) is 22.6. The number of carbonyl (C=O) groups is 1. The molecule has 0 spiro atoms. The lowest BCUT2D eigenvalue weighted by atomic mass is 10.0. The molecular formula is C25H21F5N6O. The molecule has 192 valence electrons. The normalized spacial score (nSPS) is 13.6. The maximum Gasteiger partial charge on any atom is 0.419 e. The Kier molecular flexibility index (Phi) is 5.84. The van der Waals surface area contributed by atoms with Crippen molar-refractivity contribution in [2.75, 3.05) is 17.2 Å². The molecule has 1 amide bonds. The van der Waals surface area contributed by atoms with Gasteiger partial charge < -0.3 is 10.6 Å². The number of nitrogens with zero attached hydrogens (tertiary/aromatic N) is 5. The number of hydrogen-bond donors (Lipinski definition) is 1. The van der Waals surface area contributed by atoms with E-state index in [1.165, 1.54) is 17.3 Å². The first-order valence-corrected chi connectivity index (χ1v) is 11.4. The molecule has 2 aromatic heterocycles. The third-order valence-corrected chi connectivity index (χ3v) is 6.35. The van der Waals surface area contributed by atoms with E-state index in [-0.39, 0.29) is 47.2 Å². The van der Waals surface area contributed by atoms with E-state index in [0.717, 1.165) is 6.07 Å².